The van der Waals surface area contributed by atoms with Crippen molar-refractivity contribution in [3.05, 3.63) is 106 Å². The van der Waals surface area contributed by atoms with Gasteiger partial charge in [0.05, 0.1) is 5.69 Å². The van der Waals surface area contributed by atoms with Gasteiger partial charge in [0.1, 0.15) is 16.2 Å². The summed E-state index contributed by atoms with van der Waals surface area (Å²) in [7, 11) is 0. The molecule has 3 aromatic carbocycles. The molecular formula is C25H16N2O3S. The molecule has 6 heteroatoms. The second-order valence-electron chi connectivity index (χ2n) is 6.92. The van der Waals surface area contributed by atoms with Crippen LogP contribution in [0.25, 0.3) is 32.8 Å². The molecule has 0 aliphatic rings. The van der Waals surface area contributed by atoms with E-state index in [0.29, 0.717) is 16.7 Å². The molecule has 0 atom stereocenters. The van der Waals surface area contributed by atoms with Crippen molar-refractivity contribution in [3.8, 4) is 21.8 Å². The van der Waals surface area contributed by atoms with E-state index in [4.69, 9.17) is 9.40 Å². The Morgan fingerprint density at radius 1 is 0.871 bits per heavy atom. The van der Waals surface area contributed by atoms with Gasteiger partial charge in [0, 0.05) is 27.6 Å². The van der Waals surface area contributed by atoms with Crippen LogP contribution in [-0.4, -0.2) is 10.9 Å². The minimum absolute atomic E-state index is 0.0378. The van der Waals surface area contributed by atoms with Crippen LogP contribution in [0.5, 0.6) is 0 Å². The molecule has 0 saturated heterocycles. The summed E-state index contributed by atoms with van der Waals surface area (Å²) >= 11 is 1.56. The lowest BCUT2D eigenvalue weighted by molar-refractivity contribution is 0.102. The smallest absolute Gasteiger partial charge is 0.349 e. The third kappa shape index (κ3) is 3.89. The molecule has 0 bridgehead atoms. The van der Waals surface area contributed by atoms with E-state index in [0.717, 1.165) is 21.8 Å². The second kappa shape index (κ2) is 8.01. The van der Waals surface area contributed by atoms with Crippen LogP contribution in [0.3, 0.4) is 0 Å². The van der Waals surface area contributed by atoms with Crippen molar-refractivity contribution in [2.24, 2.45) is 0 Å². The van der Waals surface area contributed by atoms with Crippen LogP contribution in [0, 0.1) is 0 Å². The summed E-state index contributed by atoms with van der Waals surface area (Å²) in [5.41, 5.74) is 3.08. The van der Waals surface area contributed by atoms with Gasteiger partial charge in [-0.2, -0.15) is 0 Å². The first kappa shape index (κ1) is 19.0. The fraction of sp³-hybridized carbons (Fsp3) is 0. The van der Waals surface area contributed by atoms with Crippen molar-refractivity contribution < 1.29 is 9.21 Å². The topological polar surface area (TPSA) is 72.2 Å². The highest BCUT2D eigenvalue weighted by Gasteiger charge is 2.14. The number of aromatic nitrogens is 1. The Balaban J connectivity index is 1.41. The Kier molecular flexibility index (Phi) is 4.90. The molecule has 0 saturated carbocycles. The first-order chi connectivity index (χ1) is 15.2. The van der Waals surface area contributed by atoms with Gasteiger partial charge in [-0.15, -0.1) is 11.3 Å². The second-order valence-corrected chi connectivity index (χ2v) is 7.78. The maximum atomic E-state index is 12.7. The molecule has 31 heavy (non-hydrogen) atoms. The van der Waals surface area contributed by atoms with Gasteiger partial charge in [0.25, 0.3) is 5.91 Å². The Hall–Kier alpha value is -4.03. The molecule has 0 aliphatic heterocycles. The lowest BCUT2D eigenvalue weighted by atomic mass is 10.1. The molecule has 0 fully saturated rings. The maximum Gasteiger partial charge on any atom is 0.349 e. The van der Waals surface area contributed by atoms with Crippen molar-refractivity contribution in [3.63, 3.8) is 0 Å². The van der Waals surface area contributed by atoms with Gasteiger partial charge in [0.15, 0.2) is 0 Å². The van der Waals surface area contributed by atoms with E-state index in [1.165, 1.54) is 0 Å². The van der Waals surface area contributed by atoms with Gasteiger partial charge in [-0.05, 0) is 24.3 Å². The number of nitrogens with zero attached hydrogens (tertiary/aromatic N) is 1. The van der Waals surface area contributed by atoms with Crippen LogP contribution in [0.15, 0.2) is 99.5 Å². The first-order valence-corrected chi connectivity index (χ1v) is 10.5. The molecular weight excluding hydrogens is 408 g/mol. The predicted molar refractivity (Wildman–Crippen MR) is 123 cm³/mol. The molecule has 0 unspecified atom stereocenters. The number of hydrogen-bond donors (Lipinski definition) is 1. The van der Waals surface area contributed by atoms with E-state index >= 15 is 0 Å². The van der Waals surface area contributed by atoms with E-state index < -0.39 is 11.5 Å². The van der Waals surface area contributed by atoms with Crippen LogP contribution in [0.1, 0.15) is 10.4 Å². The number of thiazole rings is 1. The number of nitrogens with one attached hydrogen (secondary N) is 1. The van der Waals surface area contributed by atoms with Crippen LogP contribution >= 0.6 is 11.3 Å². The Morgan fingerprint density at radius 2 is 1.65 bits per heavy atom. The van der Waals surface area contributed by atoms with Gasteiger partial charge >= 0.3 is 5.63 Å². The third-order valence-electron chi connectivity index (χ3n) is 4.83. The summed E-state index contributed by atoms with van der Waals surface area (Å²) in [6, 6.07) is 26.0. The van der Waals surface area contributed by atoms with Gasteiger partial charge < -0.3 is 9.73 Å². The van der Waals surface area contributed by atoms with E-state index in [9.17, 15) is 9.59 Å². The summed E-state index contributed by atoms with van der Waals surface area (Å²) in [5.74, 6) is -0.514. The highest BCUT2D eigenvalue weighted by atomic mass is 32.1. The van der Waals surface area contributed by atoms with Gasteiger partial charge in [0.2, 0.25) is 0 Å². The number of carbonyl (C=O) groups is 1. The van der Waals surface area contributed by atoms with E-state index in [-0.39, 0.29) is 5.56 Å². The van der Waals surface area contributed by atoms with Crippen LogP contribution in [-0.2, 0) is 0 Å². The SMILES string of the molecule is O=C(Nc1cccc(-c2csc(-c3ccccc3)n2)c1)c1cc2ccccc2oc1=O. The molecule has 1 amide bonds. The predicted octanol–water partition coefficient (Wildman–Crippen LogP) is 5.84. The van der Waals surface area contributed by atoms with Crippen molar-refractivity contribution >= 4 is 33.9 Å². The summed E-state index contributed by atoms with van der Waals surface area (Å²) in [5, 5.41) is 6.40. The monoisotopic (exact) mass is 424 g/mol. The molecule has 0 aliphatic carbocycles. The third-order valence-corrected chi connectivity index (χ3v) is 5.72. The number of para-hydroxylation sites is 1. The highest BCUT2D eigenvalue weighted by molar-refractivity contribution is 7.13. The van der Waals surface area contributed by atoms with Crippen LogP contribution in [0.2, 0.25) is 0 Å². The van der Waals surface area contributed by atoms with E-state index in [2.05, 4.69) is 5.32 Å². The van der Waals surface area contributed by atoms with Crippen LogP contribution < -0.4 is 10.9 Å². The number of fused-ring (bicyclic) bond motifs is 1. The molecule has 5 rings (SSSR count). The summed E-state index contributed by atoms with van der Waals surface area (Å²) < 4.78 is 5.26. The number of benzene rings is 3. The zero-order chi connectivity index (χ0) is 21.2. The molecule has 2 heterocycles. The largest absolute Gasteiger partial charge is 0.422 e. The average Bonchev–Trinajstić information content (AvgIpc) is 3.30. The fourth-order valence-corrected chi connectivity index (χ4v) is 4.13. The van der Waals surface area contributed by atoms with Gasteiger partial charge in [-0.1, -0.05) is 60.7 Å². The quantitative estimate of drug-likeness (QED) is 0.368. The van der Waals surface area contributed by atoms with Crippen molar-refractivity contribution in [2.75, 3.05) is 5.32 Å². The highest BCUT2D eigenvalue weighted by Crippen LogP contribution is 2.30. The van der Waals surface area contributed by atoms with Gasteiger partial charge in [-0.25, -0.2) is 9.78 Å². The van der Waals surface area contributed by atoms with Crippen molar-refractivity contribution in [1.82, 2.24) is 4.98 Å². The summed E-state index contributed by atoms with van der Waals surface area (Å²) in [4.78, 5) is 29.7. The standard InChI is InChI=1S/C25H16N2O3S/c28-23(20-14-18-9-4-5-12-22(18)30-25(20)29)26-19-11-6-10-17(13-19)21-15-31-24(27-21)16-7-2-1-3-8-16/h1-15H,(H,26,28). The van der Waals surface area contributed by atoms with E-state index in [1.807, 2.05) is 60.0 Å². The Bertz CT molecular complexity index is 1450. The van der Waals surface area contributed by atoms with Crippen molar-refractivity contribution in [2.45, 2.75) is 0 Å². The molecule has 150 valence electrons. The zero-order valence-electron chi connectivity index (χ0n) is 16.2. The van der Waals surface area contributed by atoms with Crippen LogP contribution in [0.4, 0.5) is 5.69 Å². The lowest BCUT2D eigenvalue weighted by Gasteiger charge is -2.07. The molecule has 1 N–H and O–H groups in total. The maximum absolute atomic E-state index is 12.7. The molecule has 2 aromatic heterocycles. The van der Waals surface area contributed by atoms with Crippen molar-refractivity contribution in [1.29, 1.82) is 0 Å². The average molecular weight is 424 g/mol. The lowest BCUT2D eigenvalue weighted by Crippen LogP contribution is -2.20. The number of carbonyl (C=O) groups excluding carboxylic acids is 1. The van der Waals surface area contributed by atoms with E-state index in [1.54, 1.807) is 41.7 Å². The number of hydrogen-bond acceptors (Lipinski definition) is 5. The first-order valence-electron chi connectivity index (χ1n) is 9.63. The Morgan fingerprint density at radius 3 is 2.52 bits per heavy atom. The molecule has 0 radical (unpaired) electrons. The zero-order valence-corrected chi connectivity index (χ0v) is 17.1. The summed E-state index contributed by atoms with van der Waals surface area (Å²) in [6.45, 7) is 0. The Labute approximate surface area is 181 Å². The van der Waals surface area contributed by atoms with Gasteiger partial charge in [-0.3, -0.25) is 4.79 Å². The molecule has 5 aromatic rings. The number of anilines is 1. The molecule has 0 spiro atoms. The fourth-order valence-electron chi connectivity index (χ4n) is 3.29. The normalized spacial score (nSPS) is 10.8. The minimum Gasteiger partial charge on any atom is -0.422 e. The summed E-state index contributed by atoms with van der Waals surface area (Å²) in [6.07, 6.45) is 0. The number of rotatable bonds is 4. The number of amides is 1. The minimum atomic E-state index is -0.667. The molecule has 5 nitrogen and oxygen atoms in total.